The summed E-state index contributed by atoms with van der Waals surface area (Å²) >= 11 is 1.65. The number of aliphatic hydroxyl groups excluding tert-OH is 2. The second-order valence-electron chi connectivity index (χ2n) is 7.37. The van der Waals surface area contributed by atoms with Crippen LogP contribution in [0.4, 0.5) is 5.82 Å². The number of hydrogen-bond acceptors (Lipinski definition) is 9. The molecule has 0 radical (unpaired) electrons. The summed E-state index contributed by atoms with van der Waals surface area (Å²) in [7, 11) is -4.12. The molecule has 2 aromatic heterocycles. The van der Waals surface area contributed by atoms with Crippen molar-refractivity contribution in [2.75, 3.05) is 18.2 Å². The van der Waals surface area contributed by atoms with Gasteiger partial charge in [-0.3, -0.25) is 4.18 Å². The lowest BCUT2D eigenvalue weighted by atomic mass is 10.1. The normalized spacial score (nSPS) is 24.0. The van der Waals surface area contributed by atoms with Gasteiger partial charge in [-0.05, 0) is 30.9 Å². The van der Waals surface area contributed by atoms with E-state index in [0.29, 0.717) is 11.5 Å². The van der Waals surface area contributed by atoms with Gasteiger partial charge in [0.2, 0.25) is 0 Å². The predicted octanol–water partition coefficient (Wildman–Crippen LogP) is 0.860. The number of nitrogens with zero attached hydrogens (tertiary/aromatic N) is 3. The van der Waals surface area contributed by atoms with E-state index in [1.54, 1.807) is 28.5 Å². The molecule has 1 aliphatic rings. The van der Waals surface area contributed by atoms with Crippen LogP contribution in [0.15, 0.2) is 47.5 Å². The Kier molecular flexibility index (Phi) is 6.19. The van der Waals surface area contributed by atoms with Crippen LogP contribution in [0.3, 0.4) is 0 Å². The summed E-state index contributed by atoms with van der Waals surface area (Å²) < 4.78 is 28.3. The van der Waals surface area contributed by atoms with Gasteiger partial charge in [-0.15, -0.1) is 11.8 Å². The number of benzene rings is 1. The van der Waals surface area contributed by atoms with Crippen molar-refractivity contribution in [1.29, 1.82) is 0 Å². The number of rotatable bonds is 7. The van der Waals surface area contributed by atoms with Crippen molar-refractivity contribution in [3.63, 3.8) is 0 Å². The highest BCUT2D eigenvalue weighted by atomic mass is 32.2. The van der Waals surface area contributed by atoms with E-state index >= 15 is 0 Å². The maximum Gasteiger partial charge on any atom is 0.333 e. The quantitative estimate of drug-likeness (QED) is 0.372. The molecule has 0 bridgehead atoms. The van der Waals surface area contributed by atoms with Crippen LogP contribution in [-0.4, -0.2) is 64.3 Å². The maximum absolute atomic E-state index is 11.0. The molecule has 0 aliphatic heterocycles. The minimum atomic E-state index is -4.12. The average Bonchev–Trinajstić information content (AvgIpc) is 3.29. The van der Waals surface area contributed by atoms with Crippen molar-refractivity contribution >= 4 is 33.5 Å². The van der Waals surface area contributed by atoms with Crippen molar-refractivity contribution in [3.05, 3.63) is 42.6 Å². The van der Waals surface area contributed by atoms with Crippen LogP contribution < -0.4 is 10.5 Å². The molecule has 4 atom stereocenters. The fourth-order valence-electron chi connectivity index (χ4n) is 3.73. The number of nitrogens with one attached hydrogen (secondary N) is 1. The number of anilines is 1. The summed E-state index contributed by atoms with van der Waals surface area (Å²) in [6.07, 6.45) is 1.64. The van der Waals surface area contributed by atoms with Crippen LogP contribution in [0.2, 0.25) is 0 Å². The fourth-order valence-corrected chi connectivity index (χ4v) is 4.56. The molecule has 1 unspecified atom stereocenters. The third kappa shape index (κ3) is 4.84. The molecule has 1 saturated carbocycles. The number of aromatic nitrogens is 3. The SMILES string of the molecule is CSc1cccc(-c2cc3nccc(NC4C[C@H](COS(N)(=O)=O)[C@@H](O)[C@H]4O)n3n2)c1. The van der Waals surface area contributed by atoms with Crippen molar-refractivity contribution < 1.29 is 22.8 Å². The second-order valence-corrected chi connectivity index (χ2v) is 9.47. The zero-order chi connectivity index (χ0) is 22.2. The summed E-state index contributed by atoms with van der Waals surface area (Å²) in [5.41, 5.74) is 2.33. The van der Waals surface area contributed by atoms with Crippen LogP contribution in [0.1, 0.15) is 6.42 Å². The first-order valence-corrected chi connectivity index (χ1v) is 12.2. The van der Waals surface area contributed by atoms with Crippen molar-refractivity contribution in [3.8, 4) is 11.3 Å². The summed E-state index contributed by atoms with van der Waals surface area (Å²) in [5, 5.41) is 33.4. The monoisotopic (exact) mass is 465 g/mol. The number of thioether (sulfide) groups is 1. The minimum absolute atomic E-state index is 0.283. The highest BCUT2D eigenvalue weighted by Crippen LogP contribution is 2.30. The molecule has 5 N–H and O–H groups in total. The predicted molar refractivity (Wildman–Crippen MR) is 117 cm³/mol. The first-order chi connectivity index (χ1) is 14.7. The third-order valence-electron chi connectivity index (χ3n) is 5.30. The number of hydrogen-bond donors (Lipinski definition) is 4. The molecule has 166 valence electrons. The van der Waals surface area contributed by atoms with Crippen LogP contribution in [0.5, 0.6) is 0 Å². The Labute approximate surface area is 183 Å². The fraction of sp³-hybridized carbons (Fsp3) is 0.368. The molecule has 4 rings (SSSR count). The molecule has 12 heteroatoms. The molecule has 10 nitrogen and oxygen atoms in total. The van der Waals surface area contributed by atoms with Gasteiger partial charge in [0.05, 0.1) is 24.4 Å². The Morgan fingerprint density at radius 2 is 2.10 bits per heavy atom. The van der Waals surface area contributed by atoms with E-state index in [-0.39, 0.29) is 13.0 Å². The van der Waals surface area contributed by atoms with Gasteiger partial charge in [0, 0.05) is 28.6 Å². The molecule has 2 heterocycles. The van der Waals surface area contributed by atoms with E-state index in [1.807, 2.05) is 36.6 Å². The van der Waals surface area contributed by atoms with Gasteiger partial charge in [-0.25, -0.2) is 10.1 Å². The minimum Gasteiger partial charge on any atom is -0.390 e. The van der Waals surface area contributed by atoms with E-state index in [9.17, 15) is 18.6 Å². The molecule has 31 heavy (non-hydrogen) atoms. The average molecular weight is 466 g/mol. The highest BCUT2D eigenvalue weighted by Gasteiger charge is 2.42. The zero-order valence-electron chi connectivity index (χ0n) is 16.6. The van der Waals surface area contributed by atoms with E-state index in [2.05, 4.69) is 19.6 Å². The third-order valence-corrected chi connectivity index (χ3v) is 6.49. The van der Waals surface area contributed by atoms with Crippen LogP contribution in [-0.2, 0) is 14.5 Å². The van der Waals surface area contributed by atoms with E-state index in [1.165, 1.54) is 0 Å². The summed E-state index contributed by atoms with van der Waals surface area (Å²) in [6, 6.07) is 11.1. The first-order valence-electron chi connectivity index (χ1n) is 9.54. The zero-order valence-corrected chi connectivity index (χ0v) is 18.3. The molecule has 3 aromatic rings. The van der Waals surface area contributed by atoms with Crippen LogP contribution in [0, 0.1) is 5.92 Å². The Morgan fingerprint density at radius 3 is 2.84 bits per heavy atom. The molecule has 1 aliphatic carbocycles. The number of nitrogens with two attached hydrogens (primary N) is 1. The van der Waals surface area contributed by atoms with Gasteiger partial charge >= 0.3 is 10.3 Å². The topological polar surface area (TPSA) is 152 Å². The lowest BCUT2D eigenvalue weighted by Gasteiger charge is -2.19. The standard InChI is InChI=1S/C19H23N5O5S2/c1-30-13-4-2-3-11(7-13)14-9-17-21-6-5-16(24(17)23-14)22-15-8-12(18(25)19(15)26)10-29-31(20,27)28/h2-7,9,12,15,18-19,22,25-26H,8,10H2,1H3,(H2,20,27,28)/t12-,15?,18-,19+/m1/s1. The molecule has 0 saturated heterocycles. The lowest BCUT2D eigenvalue weighted by Crippen LogP contribution is -2.36. The Bertz CT molecular complexity index is 1190. The largest absolute Gasteiger partial charge is 0.390 e. The molecule has 1 fully saturated rings. The molecule has 0 spiro atoms. The van der Waals surface area contributed by atoms with Gasteiger partial charge in [0.1, 0.15) is 11.9 Å². The van der Waals surface area contributed by atoms with Gasteiger partial charge < -0.3 is 15.5 Å². The summed E-state index contributed by atoms with van der Waals surface area (Å²) in [4.78, 5) is 5.48. The molecule has 1 aromatic carbocycles. The van der Waals surface area contributed by atoms with E-state index < -0.39 is 34.5 Å². The second kappa shape index (κ2) is 8.73. The van der Waals surface area contributed by atoms with Gasteiger partial charge in [0.25, 0.3) is 0 Å². The van der Waals surface area contributed by atoms with Gasteiger partial charge in [0.15, 0.2) is 5.65 Å². The maximum atomic E-state index is 11.0. The smallest absolute Gasteiger partial charge is 0.333 e. The summed E-state index contributed by atoms with van der Waals surface area (Å²) in [5.74, 6) is -0.00726. The Morgan fingerprint density at radius 1 is 1.29 bits per heavy atom. The highest BCUT2D eigenvalue weighted by molar-refractivity contribution is 7.98. The Balaban J connectivity index is 1.56. The molecule has 0 amide bonds. The lowest BCUT2D eigenvalue weighted by molar-refractivity contribution is 0.00777. The van der Waals surface area contributed by atoms with Gasteiger partial charge in [-0.2, -0.15) is 18.0 Å². The van der Waals surface area contributed by atoms with Gasteiger partial charge in [-0.1, -0.05) is 12.1 Å². The van der Waals surface area contributed by atoms with Crippen molar-refractivity contribution in [2.45, 2.75) is 29.6 Å². The number of aliphatic hydroxyl groups is 2. The first kappa shape index (κ1) is 22.0. The summed E-state index contributed by atoms with van der Waals surface area (Å²) in [6.45, 7) is -0.307. The van der Waals surface area contributed by atoms with E-state index in [4.69, 9.17) is 5.14 Å². The van der Waals surface area contributed by atoms with Crippen molar-refractivity contribution in [2.24, 2.45) is 11.1 Å². The van der Waals surface area contributed by atoms with E-state index in [0.717, 1.165) is 16.2 Å². The molecular formula is C19H23N5O5S2. The number of fused-ring (bicyclic) bond motifs is 1. The molecular weight excluding hydrogens is 442 g/mol. The van der Waals surface area contributed by atoms with Crippen LogP contribution in [0.25, 0.3) is 16.9 Å². The van der Waals surface area contributed by atoms with Crippen LogP contribution >= 0.6 is 11.8 Å². The Hall–Kier alpha value is -2.22. The van der Waals surface area contributed by atoms with Crippen molar-refractivity contribution in [1.82, 2.24) is 14.6 Å².